The molecule has 1 nitrogen and oxygen atoms in total. The van der Waals surface area contributed by atoms with Crippen LogP contribution in [0, 0.1) is 11.8 Å². The van der Waals surface area contributed by atoms with Crippen LogP contribution in [0.3, 0.4) is 0 Å². The first-order chi connectivity index (χ1) is 6.52. The van der Waals surface area contributed by atoms with Gasteiger partial charge in [0.05, 0.1) is 6.10 Å². The average molecular weight is 230 g/mol. The van der Waals surface area contributed by atoms with Crippen LogP contribution in [0.2, 0.25) is 0 Å². The van der Waals surface area contributed by atoms with Gasteiger partial charge in [-0.3, -0.25) is 0 Å². The normalized spacial score (nSPS) is 16.2. The summed E-state index contributed by atoms with van der Waals surface area (Å²) in [4.78, 5) is 0. The van der Waals surface area contributed by atoms with Gasteiger partial charge >= 0.3 is 12.0 Å². The van der Waals surface area contributed by atoms with Gasteiger partial charge in [0.2, 0.25) is 0 Å². The summed E-state index contributed by atoms with van der Waals surface area (Å²) >= 11 is 0. The van der Waals surface area contributed by atoms with E-state index in [-0.39, 0.29) is 5.92 Å². The van der Waals surface area contributed by atoms with Gasteiger partial charge in [0, 0.05) is 5.92 Å². The fraction of sp³-hybridized carbons (Fsp3) is 1.00. The van der Waals surface area contributed by atoms with Crippen LogP contribution in [0.15, 0.2) is 0 Å². The van der Waals surface area contributed by atoms with Crippen LogP contribution in [0.5, 0.6) is 0 Å². The fourth-order valence-electron chi connectivity index (χ4n) is 0.784. The van der Waals surface area contributed by atoms with Gasteiger partial charge in [-0.2, -0.15) is 17.6 Å². The predicted octanol–water partition coefficient (Wildman–Crippen LogP) is 3.93. The zero-order valence-electron chi connectivity index (χ0n) is 9.65. The van der Waals surface area contributed by atoms with E-state index in [1.807, 2.05) is 0 Å². The zero-order chi connectivity index (χ0) is 12.4. The summed E-state index contributed by atoms with van der Waals surface area (Å²) in [5, 5.41) is 0. The Labute approximate surface area is 87.8 Å². The minimum Gasteiger partial charge on any atom is -0.312 e. The van der Waals surface area contributed by atoms with Crippen molar-refractivity contribution >= 4 is 0 Å². The highest BCUT2D eigenvalue weighted by Crippen LogP contribution is 2.41. The van der Waals surface area contributed by atoms with Gasteiger partial charge in [0.25, 0.3) is 0 Å². The molecule has 0 saturated carbocycles. The highest BCUT2D eigenvalue weighted by Gasteiger charge is 2.60. The topological polar surface area (TPSA) is 9.23 Å². The molecule has 0 aliphatic carbocycles. The molecule has 0 aliphatic rings. The number of alkyl halides is 4. The van der Waals surface area contributed by atoms with Crippen molar-refractivity contribution in [3.05, 3.63) is 0 Å². The van der Waals surface area contributed by atoms with Crippen LogP contribution < -0.4 is 0 Å². The molecule has 0 aromatic rings. The summed E-state index contributed by atoms with van der Waals surface area (Å²) < 4.78 is 56.5. The molecule has 0 spiro atoms. The van der Waals surface area contributed by atoms with Gasteiger partial charge in [-0.05, 0) is 12.8 Å². The average Bonchev–Trinajstić information content (AvgIpc) is 2.02. The molecular formula is C10H18F4O. The maximum atomic E-state index is 13.1. The first-order valence-electron chi connectivity index (χ1n) is 4.95. The quantitative estimate of drug-likeness (QED) is 0.650. The van der Waals surface area contributed by atoms with Gasteiger partial charge in [-0.1, -0.05) is 27.7 Å². The van der Waals surface area contributed by atoms with Crippen LogP contribution in [-0.4, -0.2) is 18.1 Å². The van der Waals surface area contributed by atoms with Crippen LogP contribution in [0.25, 0.3) is 0 Å². The molecule has 92 valence electrons. The number of ether oxygens (including phenoxy) is 1. The summed E-state index contributed by atoms with van der Waals surface area (Å²) in [5.41, 5.74) is 0. The van der Waals surface area contributed by atoms with Crippen LogP contribution in [0.4, 0.5) is 17.6 Å². The van der Waals surface area contributed by atoms with E-state index in [0.717, 1.165) is 13.8 Å². The zero-order valence-corrected chi connectivity index (χ0v) is 9.65. The second-order valence-corrected chi connectivity index (χ2v) is 4.36. The lowest BCUT2D eigenvalue weighted by atomic mass is 10.0. The Hall–Kier alpha value is -0.320. The Kier molecular flexibility index (Phi) is 4.58. The van der Waals surface area contributed by atoms with Gasteiger partial charge in [0.15, 0.2) is 0 Å². The molecule has 5 heteroatoms. The molecule has 0 amide bonds. The van der Waals surface area contributed by atoms with Crippen molar-refractivity contribution in [3.8, 4) is 0 Å². The maximum absolute atomic E-state index is 13.1. The summed E-state index contributed by atoms with van der Waals surface area (Å²) in [7, 11) is 0. The lowest BCUT2D eigenvalue weighted by Crippen LogP contribution is -2.48. The van der Waals surface area contributed by atoms with E-state index in [9.17, 15) is 17.6 Å². The van der Waals surface area contributed by atoms with Crippen molar-refractivity contribution in [3.63, 3.8) is 0 Å². The number of hydrogen-bond donors (Lipinski definition) is 0. The van der Waals surface area contributed by atoms with Crippen molar-refractivity contribution in [2.75, 3.05) is 0 Å². The first kappa shape index (κ1) is 14.7. The van der Waals surface area contributed by atoms with Crippen LogP contribution in [-0.2, 0) is 4.74 Å². The Balaban J connectivity index is 4.68. The molecule has 0 aromatic heterocycles. The third-order valence-corrected chi connectivity index (χ3v) is 2.39. The molecule has 0 aromatic carbocycles. The molecule has 0 N–H and O–H groups in total. The van der Waals surface area contributed by atoms with Crippen molar-refractivity contribution < 1.29 is 22.3 Å². The van der Waals surface area contributed by atoms with Gasteiger partial charge in [0.1, 0.15) is 0 Å². The minimum absolute atomic E-state index is 0.237. The van der Waals surface area contributed by atoms with E-state index in [0.29, 0.717) is 0 Å². The molecule has 0 heterocycles. The summed E-state index contributed by atoms with van der Waals surface area (Å²) in [5.74, 6) is -5.85. The molecule has 0 saturated heterocycles. The molecule has 0 radical (unpaired) electrons. The molecule has 0 bridgehead atoms. The van der Waals surface area contributed by atoms with E-state index in [1.54, 1.807) is 13.8 Å². The van der Waals surface area contributed by atoms with E-state index in [4.69, 9.17) is 0 Å². The third-order valence-electron chi connectivity index (χ3n) is 2.39. The number of hydrogen-bond acceptors (Lipinski definition) is 1. The highest BCUT2D eigenvalue weighted by atomic mass is 19.3. The van der Waals surface area contributed by atoms with Crippen LogP contribution >= 0.6 is 0 Å². The first-order valence-corrected chi connectivity index (χ1v) is 4.95. The number of halogens is 4. The monoisotopic (exact) mass is 230 g/mol. The molecule has 0 fully saturated rings. The van der Waals surface area contributed by atoms with E-state index in [2.05, 4.69) is 4.74 Å². The molecule has 1 atom stereocenters. The standard InChI is InChI=1S/C10H18F4O/c1-6(2)8(5)15-10(13,14)9(11,12)7(3)4/h6-8H,1-5H3. The molecule has 0 rings (SSSR count). The van der Waals surface area contributed by atoms with E-state index < -0.39 is 24.1 Å². The Morgan fingerprint density at radius 3 is 1.53 bits per heavy atom. The van der Waals surface area contributed by atoms with Crippen molar-refractivity contribution in [1.29, 1.82) is 0 Å². The molecule has 1 unspecified atom stereocenters. The lowest BCUT2D eigenvalue weighted by Gasteiger charge is -2.32. The predicted molar refractivity (Wildman–Crippen MR) is 50.1 cm³/mol. The van der Waals surface area contributed by atoms with Crippen molar-refractivity contribution in [2.45, 2.75) is 52.8 Å². The summed E-state index contributed by atoms with van der Waals surface area (Å²) in [6.07, 6.45) is -5.32. The Bertz CT molecular complexity index is 202. The van der Waals surface area contributed by atoms with E-state index in [1.165, 1.54) is 6.92 Å². The maximum Gasteiger partial charge on any atom is 0.419 e. The van der Waals surface area contributed by atoms with Gasteiger partial charge < -0.3 is 4.74 Å². The fourth-order valence-corrected chi connectivity index (χ4v) is 0.784. The number of rotatable bonds is 5. The lowest BCUT2D eigenvalue weighted by molar-refractivity contribution is -0.374. The summed E-state index contributed by atoms with van der Waals surface area (Å²) in [6.45, 7) is 6.70. The SMILES string of the molecule is CC(C)C(C)OC(F)(F)C(F)(F)C(C)C. The van der Waals surface area contributed by atoms with Crippen LogP contribution in [0.1, 0.15) is 34.6 Å². The molecule has 15 heavy (non-hydrogen) atoms. The van der Waals surface area contributed by atoms with Gasteiger partial charge in [-0.25, -0.2) is 0 Å². The molecule has 0 aliphatic heterocycles. The smallest absolute Gasteiger partial charge is 0.312 e. The molecular weight excluding hydrogens is 212 g/mol. The van der Waals surface area contributed by atoms with Gasteiger partial charge in [-0.15, -0.1) is 0 Å². The third kappa shape index (κ3) is 3.33. The highest BCUT2D eigenvalue weighted by molar-refractivity contribution is 4.81. The Morgan fingerprint density at radius 1 is 0.867 bits per heavy atom. The second kappa shape index (κ2) is 4.68. The largest absolute Gasteiger partial charge is 0.419 e. The summed E-state index contributed by atoms with van der Waals surface area (Å²) in [6, 6.07) is 0. The Morgan fingerprint density at radius 2 is 1.27 bits per heavy atom. The van der Waals surface area contributed by atoms with E-state index >= 15 is 0 Å². The minimum atomic E-state index is -4.41. The van der Waals surface area contributed by atoms with Crippen molar-refractivity contribution in [2.24, 2.45) is 11.8 Å². The second-order valence-electron chi connectivity index (χ2n) is 4.36. The van der Waals surface area contributed by atoms with Crippen molar-refractivity contribution in [1.82, 2.24) is 0 Å².